The topological polar surface area (TPSA) is 17.8 Å². The Hall–Kier alpha value is -2.06. The van der Waals surface area contributed by atoms with Crippen molar-refractivity contribution in [2.75, 3.05) is 0 Å². The van der Waals surface area contributed by atoms with Crippen LogP contribution in [0, 0.1) is 11.8 Å². The third kappa shape index (κ3) is 2.12. The van der Waals surface area contributed by atoms with Gasteiger partial charge in [-0.05, 0) is 12.1 Å². The third-order valence-corrected chi connectivity index (χ3v) is 2.43. The van der Waals surface area contributed by atoms with Crippen LogP contribution in [-0.2, 0) is 5.92 Å². The zero-order valence-corrected chi connectivity index (χ0v) is 9.43. The first kappa shape index (κ1) is 14.4. The fraction of sp³-hybridized carbons (Fsp3) is 0.182. The summed E-state index contributed by atoms with van der Waals surface area (Å²) in [6.45, 7) is 0. The van der Waals surface area contributed by atoms with Gasteiger partial charge in [0.15, 0.2) is 5.69 Å². The second-order valence-electron chi connectivity index (χ2n) is 3.77. The van der Waals surface area contributed by atoms with Crippen molar-refractivity contribution in [1.82, 2.24) is 9.78 Å². The van der Waals surface area contributed by atoms with Crippen LogP contribution in [0.25, 0.3) is 5.69 Å². The number of rotatable bonds is 2. The summed E-state index contributed by atoms with van der Waals surface area (Å²) in [5, 5.41) is 2.71. The third-order valence-electron chi connectivity index (χ3n) is 2.43. The lowest BCUT2D eigenvalue weighted by Gasteiger charge is -2.16. The monoisotopic (exact) mass is 298 g/mol. The molecule has 0 aliphatic carbocycles. The molecule has 0 atom stereocenters. The number of hydrogen-bond donors (Lipinski definition) is 0. The average molecular weight is 298 g/mol. The number of aromatic nitrogens is 2. The lowest BCUT2D eigenvalue weighted by molar-refractivity contribution is -0.292. The SMILES string of the molecule is Fc1c(C(F)(F)C(F)(F)F)nn(-c2ccccc2)c1F. The molecule has 0 saturated carbocycles. The highest BCUT2D eigenvalue weighted by Gasteiger charge is 2.62. The van der Waals surface area contributed by atoms with Crippen LogP contribution in [-0.4, -0.2) is 16.0 Å². The molecule has 2 nitrogen and oxygen atoms in total. The Kier molecular flexibility index (Phi) is 3.23. The molecule has 1 aromatic carbocycles. The van der Waals surface area contributed by atoms with E-state index in [-0.39, 0.29) is 10.4 Å². The summed E-state index contributed by atoms with van der Waals surface area (Å²) in [6, 6.07) is 6.55. The van der Waals surface area contributed by atoms with E-state index < -0.39 is 29.6 Å². The predicted molar refractivity (Wildman–Crippen MR) is 53.4 cm³/mol. The standard InChI is InChI=1S/C11H5F7N2/c12-7-8(10(14,15)11(16,17)18)19-20(9(7)13)6-4-2-1-3-5-6/h1-5H. The smallest absolute Gasteiger partial charge is 0.204 e. The second kappa shape index (κ2) is 4.50. The molecular formula is C11H5F7N2. The van der Waals surface area contributed by atoms with Gasteiger partial charge in [0.2, 0.25) is 5.82 Å². The molecule has 0 amide bonds. The van der Waals surface area contributed by atoms with Crippen LogP contribution < -0.4 is 0 Å². The molecular weight excluding hydrogens is 293 g/mol. The van der Waals surface area contributed by atoms with Crippen molar-refractivity contribution in [1.29, 1.82) is 0 Å². The van der Waals surface area contributed by atoms with E-state index >= 15 is 0 Å². The Morgan fingerprint density at radius 2 is 1.45 bits per heavy atom. The van der Waals surface area contributed by atoms with Gasteiger partial charge in [-0.1, -0.05) is 18.2 Å². The fourth-order valence-corrected chi connectivity index (χ4v) is 1.45. The zero-order chi connectivity index (χ0) is 15.1. The summed E-state index contributed by atoms with van der Waals surface area (Å²) < 4.78 is 89.3. The van der Waals surface area contributed by atoms with Crippen molar-refractivity contribution in [3.63, 3.8) is 0 Å². The van der Waals surface area contributed by atoms with Crippen LogP contribution in [0.1, 0.15) is 5.69 Å². The molecule has 9 heteroatoms. The van der Waals surface area contributed by atoms with Crippen LogP contribution in [0.3, 0.4) is 0 Å². The average Bonchev–Trinajstić information content (AvgIpc) is 2.67. The highest BCUT2D eigenvalue weighted by atomic mass is 19.4. The Morgan fingerprint density at radius 1 is 0.900 bits per heavy atom. The maximum atomic E-state index is 13.5. The zero-order valence-electron chi connectivity index (χ0n) is 9.43. The van der Waals surface area contributed by atoms with E-state index in [2.05, 4.69) is 5.10 Å². The highest BCUT2D eigenvalue weighted by Crippen LogP contribution is 2.44. The Labute approximate surface area is 107 Å². The van der Waals surface area contributed by atoms with Crippen molar-refractivity contribution in [3.05, 3.63) is 47.8 Å². The Morgan fingerprint density at radius 3 is 1.95 bits per heavy atom. The molecule has 0 bridgehead atoms. The number of halogens is 7. The molecule has 0 unspecified atom stereocenters. The van der Waals surface area contributed by atoms with Gasteiger partial charge in [-0.25, -0.2) is 4.68 Å². The minimum absolute atomic E-state index is 0.0459. The van der Waals surface area contributed by atoms with Crippen molar-refractivity contribution >= 4 is 0 Å². The first-order valence-corrected chi connectivity index (χ1v) is 5.10. The van der Waals surface area contributed by atoms with Crippen molar-refractivity contribution < 1.29 is 30.7 Å². The number of nitrogens with zero attached hydrogens (tertiary/aromatic N) is 2. The molecule has 2 aromatic rings. The summed E-state index contributed by atoms with van der Waals surface area (Å²) in [5.74, 6) is -9.84. The summed E-state index contributed by atoms with van der Waals surface area (Å²) in [7, 11) is 0. The van der Waals surface area contributed by atoms with Gasteiger partial charge in [-0.15, -0.1) is 0 Å². The minimum atomic E-state index is -6.07. The van der Waals surface area contributed by atoms with Gasteiger partial charge in [0, 0.05) is 0 Å². The Bertz CT molecular complexity index is 616. The van der Waals surface area contributed by atoms with Crippen LogP contribution in [0.15, 0.2) is 30.3 Å². The van der Waals surface area contributed by atoms with E-state index in [1.165, 1.54) is 30.3 Å². The molecule has 0 saturated heterocycles. The van der Waals surface area contributed by atoms with Gasteiger partial charge in [0.05, 0.1) is 5.69 Å². The van der Waals surface area contributed by atoms with E-state index in [1.54, 1.807) is 0 Å². The van der Waals surface area contributed by atoms with Crippen molar-refractivity contribution in [3.8, 4) is 5.69 Å². The molecule has 0 radical (unpaired) electrons. The molecule has 1 aromatic heterocycles. The summed E-state index contributed by atoms with van der Waals surface area (Å²) in [6.07, 6.45) is -6.07. The number of alkyl halides is 5. The minimum Gasteiger partial charge on any atom is -0.204 e. The predicted octanol–water partition coefficient (Wildman–Crippen LogP) is 3.80. The highest BCUT2D eigenvalue weighted by molar-refractivity contribution is 5.32. The van der Waals surface area contributed by atoms with E-state index in [0.717, 1.165) is 0 Å². The van der Waals surface area contributed by atoms with Crippen LogP contribution in [0.2, 0.25) is 0 Å². The van der Waals surface area contributed by atoms with Crippen molar-refractivity contribution in [2.45, 2.75) is 12.1 Å². The molecule has 0 aliphatic heterocycles. The van der Waals surface area contributed by atoms with Gasteiger partial charge in [-0.3, -0.25) is 0 Å². The van der Waals surface area contributed by atoms with Gasteiger partial charge in [-0.2, -0.15) is 35.8 Å². The van der Waals surface area contributed by atoms with Gasteiger partial charge in [0.25, 0.3) is 5.95 Å². The normalized spacial score (nSPS) is 12.8. The maximum Gasteiger partial charge on any atom is 0.459 e. The molecule has 2 rings (SSSR count). The molecule has 0 fully saturated rings. The van der Waals surface area contributed by atoms with Crippen LogP contribution >= 0.6 is 0 Å². The molecule has 1 heterocycles. The maximum absolute atomic E-state index is 13.5. The lowest BCUT2D eigenvalue weighted by Crippen LogP contribution is -2.35. The van der Waals surface area contributed by atoms with E-state index in [4.69, 9.17) is 0 Å². The van der Waals surface area contributed by atoms with Crippen molar-refractivity contribution in [2.24, 2.45) is 0 Å². The lowest BCUT2D eigenvalue weighted by atomic mass is 10.2. The largest absolute Gasteiger partial charge is 0.459 e. The molecule has 20 heavy (non-hydrogen) atoms. The number of benzene rings is 1. The van der Waals surface area contributed by atoms with E-state index in [9.17, 15) is 30.7 Å². The quantitative estimate of drug-likeness (QED) is 0.771. The van der Waals surface area contributed by atoms with Gasteiger partial charge >= 0.3 is 12.1 Å². The molecule has 0 spiro atoms. The summed E-state index contributed by atoms with van der Waals surface area (Å²) >= 11 is 0. The summed E-state index contributed by atoms with van der Waals surface area (Å²) in [4.78, 5) is 0. The van der Waals surface area contributed by atoms with E-state index in [0.29, 0.717) is 0 Å². The van der Waals surface area contributed by atoms with Crippen LogP contribution in [0.4, 0.5) is 30.7 Å². The first-order valence-electron chi connectivity index (χ1n) is 5.10. The fourth-order valence-electron chi connectivity index (χ4n) is 1.45. The van der Waals surface area contributed by atoms with Gasteiger partial charge < -0.3 is 0 Å². The molecule has 108 valence electrons. The molecule has 0 N–H and O–H groups in total. The number of para-hydroxylation sites is 1. The second-order valence-corrected chi connectivity index (χ2v) is 3.77. The van der Waals surface area contributed by atoms with Gasteiger partial charge in [0.1, 0.15) is 0 Å². The van der Waals surface area contributed by atoms with E-state index in [1.807, 2.05) is 0 Å². The van der Waals surface area contributed by atoms with Crippen LogP contribution in [0.5, 0.6) is 0 Å². The Balaban J connectivity index is 2.60. The number of hydrogen-bond acceptors (Lipinski definition) is 1. The first-order chi connectivity index (χ1) is 9.16. The molecule has 0 aliphatic rings. The summed E-state index contributed by atoms with van der Waals surface area (Å²) in [5.41, 5.74) is -2.49.